The van der Waals surface area contributed by atoms with Crippen molar-refractivity contribution in [3.05, 3.63) is 65.6 Å². The highest BCUT2D eigenvalue weighted by atomic mass is 19.1. The third kappa shape index (κ3) is 3.81. The van der Waals surface area contributed by atoms with Gasteiger partial charge in [-0.2, -0.15) is 0 Å². The molecule has 5 rings (SSSR count). The van der Waals surface area contributed by atoms with Crippen LogP contribution in [0.25, 0.3) is 11.4 Å². The molecule has 0 saturated carbocycles. The molecule has 4 heterocycles. The molecule has 0 spiro atoms. The maximum Gasteiger partial charge on any atom is 0.289 e. The van der Waals surface area contributed by atoms with Crippen LogP contribution in [-0.4, -0.2) is 57.3 Å². The third-order valence-corrected chi connectivity index (χ3v) is 6.24. The summed E-state index contributed by atoms with van der Waals surface area (Å²) in [5, 5.41) is 0. The van der Waals surface area contributed by atoms with Gasteiger partial charge in [0.15, 0.2) is 5.76 Å². The number of piperazine rings is 1. The molecule has 0 unspecified atom stereocenters. The van der Waals surface area contributed by atoms with Gasteiger partial charge < -0.3 is 18.8 Å². The lowest BCUT2D eigenvalue weighted by atomic mass is 10.1. The fraction of sp³-hybridized carbons (Fsp3) is 0.375. The van der Waals surface area contributed by atoms with Crippen LogP contribution in [0.4, 0.5) is 4.39 Å². The molecule has 166 valence electrons. The second-order valence-electron chi connectivity index (χ2n) is 8.27. The molecule has 2 aliphatic rings. The molecule has 0 N–H and O–H groups in total. The Balaban J connectivity index is 1.39. The summed E-state index contributed by atoms with van der Waals surface area (Å²) in [6.45, 7) is 2.53. The quantitative estimate of drug-likeness (QED) is 0.629. The van der Waals surface area contributed by atoms with Crippen LogP contribution in [0.2, 0.25) is 0 Å². The summed E-state index contributed by atoms with van der Waals surface area (Å²) in [7, 11) is 0. The van der Waals surface area contributed by atoms with Crippen LogP contribution in [-0.2, 0) is 13.0 Å². The number of amides is 2. The number of carbonyl (C=O) groups is 2. The van der Waals surface area contributed by atoms with E-state index < -0.39 is 0 Å². The molecule has 8 heteroatoms. The fourth-order valence-corrected chi connectivity index (χ4v) is 4.56. The Morgan fingerprint density at radius 3 is 2.41 bits per heavy atom. The summed E-state index contributed by atoms with van der Waals surface area (Å²) >= 11 is 0. The van der Waals surface area contributed by atoms with Gasteiger partial charge in [0.1, 0.15) is 17.3 Å². The molecule has 0 atom stereocenters. The minimum Gasteiger partial charge on any atom is -0.459 e. The minimum atomic E-state index is -0.321. The van der Waals surface area contributed by atoms with Gasteiger partial charge in [0.05, 0.1) is 12.0 Å². The lowest BCUT2D eigenvalue weighted by Gasteiger charge is -2.34. The topological polar surface area (TPSA) is 71.6 Å². The predicted molar refractivity (Wildman–Crippen MR) is 116 cm³/mol. The van der Waals surface area contributed by atoms with E-state index in [0.717, 1.165) is 37.9 Å². The van der Waals surface area contributed by atoms with Gasteiger partial charge in [0.2, 0.25) is 0 Å². The van der Waals surface area contributed by atoms with Crippen LogP contribution >= 0.6 is 0 Å². The SMILES string of the molecule is O=C(c1ccco1)N1CCN(C(=O)c2nc(-c3cccc(F)c3)n3c2CCCCC3)CC1. The van der Waals surface area contributed by atoms with E-state index in [-0.39, 0.29) is 17.6 Å². The van der Waals surface area contributed by atoms with Crippen LogP contribution < -0.4 is 0 Å². The molecule has 32 heavy (non-hydrogen) atoms. The molecular weight excluding hydrogens is 411 g/mol. The van der Waals surface area contributed by atoms with Gasteiger partial charge in [-0.05, 0) is 43.5 Å². The number of aromatic nitrogens is 2. The zero-order chi connectivity index (χ0) is 22.1. The van der Waals surface area contributed by atoms with E-state index in [4.69, 9.17) is 9.40 Å². The normalized spacial score (nSPS) is 16.5. The molecule has 2 aliphatic heterocycles. The molecule has 1 aromatic carbocycles. The number of nitrogens with zero attached hydrogens (tertiary/aromatic N) is 4. The van der Waals surface area contributed by atoms with Crippen molar-refractivity contribution >= 4 is 11.8 Å². The van der Waals surface area contributed by atoms with Gasteiger partial charge in [0.25, 0.3) is 11.8 Å². The first-order valence-corrected chi connectivity index (χ1v) is 11.1. The number of rotatable bonds is 3. The smallest absolute Gasteiger partial charge is 0.289 e. The Bertz CT molecular complexity index is 1130. The minimum absolute atomic E-state index is 0.122. The van der Waals surface area contributed by atoms with Crippen molar-refractivity contribution in [1.82, 2.24) is 19.4 Å². The van der Waals surface area contributed by atoms with Crippen molar-refractivity contribution in [3.8, 4) is 11.4 Å². The molecule has 0 aliphatic carbocycles. The Hall–Kier alpha value is -3.42. The highest BCUT2D eigenvalue weighted by Gasteiger charge is 2.31. The summed E-state index contributed by atoms with van der Waals surface area (Å²) < 4.78 is 21.2. The summed E-state index contributed by atoms with van der Waals surface area (Å²) in [6, 6.07) is 9.71. The molecule has 2 aromatic heterocycles. The van der Waals surface area contributed by atoms with Crippen molar-refractivity contribution < 1.29 is 18.4 Å². The average Bonchev–Trinajstić information content (AvgIpc) is 3.41. The Morgan fingerprint density at radius 2 is 1.69 bits per heavy atom. The first-order chi connectivity index (χ1) is 15.6. The number of furan rings is 1. The van der Waals surface area contributed by atoms with Crippen molar-refractivity contribution in [2.45, 2.75) is 32.2 Å². The second-order valence-corrected chi connectivity index (χ2v) is 8.27. The Morgan fingerprint density at radius 1 is 0.906 bits per heavy atom. The summed E-state index contributed by atoms with van der Waals surface area (Å²) in [4.78, 5) is 34.1. The number of fused-ring (bicyclic) bond motifs is 1. The average molecular weight is 436 g/mol. The van der Waals surface area contributed by atoms with Gasteiger partial charge in [-0.25, -0.2) is 9.37 Å². The first kappa shape index (κ1) is 20.5. The monoisotopic (exact) mass is 436 g/mol. The maximum absolute atomic E-state index is 13.9. The molecule has 1 saturated heterocycles. The van der Waals surface area contributed by atoms with Crippen LogP contribution in [0.1, 0.15) is 46.0 Å². The van der Waals surface area contributed by atoms with Gasteiger partial charge >= 0.3 is 0 Å². The van der Waals surface area contributed by atoms with Crippen molar-refractivity contribution in [3.63, 3.8) is 0 Å². The van der Waals surface area contributed by atoms with Gasteiger partial charge in [-0.15, -0.1) is 0 Å². The molecule has 3 aromatic rings. The molecule has 0 radical (unpaired) electrons. The standard InChI is InChI=1S/C24H25FN4O3/c25-18-7-4-6-17(16-18)22-26-21(19-8-2-1-3-10-29(19)22)24(31)28-13-11-27(12-14-28)23(30)20-9-5-15-32-20/h4-7,9,15-16H,1-3,8,10-14H2. The number of benzene rings is 1. The lowest BCUT2D eigenvalue weighted by Crippen LogP contribution is -2.50. The van der Waals surface area contributed by atoms with Gasteiger partial charge in [-0.1, -0.05) is 18.6 Å². The molecular formula is C24H25FN4O3. The predicted octanol–water partition coefficient (Wildman–Crippen LogP) is 3.61. The summed E-state index contributed by atoms with van der Waals surface area (Å²) in [5.74, 6) is 0.355. The van der Waals surface area contributed by atoms with Crippen molar-refractivity contribution in [2.24, 2.45) is 0 Å². The lowest BCUT2D eigenvalue weighted by molar-refractivity contribution is 0.0515. The molecule has 7 nitrogen and oxygen atoms in total. The fourth-order valence-electron chi connectivity index (χ4n) is 4.56. The second kappa shape index (κ2) is 8.61. The van der Waals surface area contributed by atoms with Crippen molar-refractivity contribution in [1.29, 1.82) is 0 Å². The molecule has 2 amide bonds. The van der Waals surface area contributed by atoms with E-state index in [1.165, 1.54) is 18.4 Å². The van der Waals surface area contributed by atoms with Crippen LogP contribution in [0.15, 0.2) is 47.1 Å². The summed E-state index contributed by atoms with van der Waals surface area (Å²) in [5.41, 5.74) is 2.07. The van der Waals surface area contributed by atoms with E-state index >= 15 is 0 Å². The van der Waals surface area contributed by atoms with E-state index in [9.17, 15) is 14.0 Å². The van der Waals surface area contributed by atoms with E-state index in [1.807, 2.05) is 6.07 Å². The number of halogens is 1. The molecule has 1 fully saturated rings. The highest BCUT2D eigenvalue weighted by molar-refractivity contribution is 5.95. The zero-order valence-electron chi connectivity index (χ0n) is 17.8. The molecule has 0 bridgehead atoms. The number of imidazole rings is 1. The maximum atomic E-state index is 13.9. The summed E-state index contributed by atoms with van der Waals surface area (Å²) in [6.07, 6.45) is 5.35. The highest BCUT2D eigenvalue weighted by Crippen LogP contribution is 2.28. The van der Waals surface area contributed by atoms with Gasteiger partial charge in [0, 0.05) is 38.3 Å². The Labute approximate surface area is 185 Å². The van der Waals surface area contributed by atoms with Crippen LogP contribution in [0.5, 0.6) is 0 Å². The first-order valence-electron chi connectivity index (χ1n) is 11.1. The van der Waals surface area contributed by atoms with E-state index in [2.05, 4.69) is 4.57 Å². The van der Waals surface area contributed by atoms with E-state index in [1.54, 1.807) is 28.0 Å². The van der Waals surface area contributed by atoms with Crippen molar-refractivity contribution in [2.75, 3.05) is 26.2 Å². The van der Waals surface area contributed by atoms with Gasteiger partial charge in [-0.3, -0.25) is 9.59 Å². The van der Waals surface area contributed by atoms with E-state index in [0.29, 0.717) is 49.0 Å². The van der Waals surface area contributed by atoms with Crippen LogP contribution in [0.3, 0.4) is 0 Å². The third-order valence-electron chi connectivity index (χ3n) is 6.24. The number of hydrogen-bond donors (Lipinski definition) is 0. The Kier molecular flexibility index (Phi) is 5.51. The zero-order valence-corrected chi connectivity index (χ0v) is 17.8. The van der Waals surface area contributed by atoms with Crippen LogP contribution in [0, 0.1) is 5.82 Å². The number of carbonyl (C=O) groups excluding carboxylic acids is 2. The number of hydrogen-bond acceptors (Lipinski definition) is 4. The largest absolute Gasteiger partial charge is 0.459 e.